The zero-order chi connectivity index (χ0) is 15.6. The lowest BCUT2D eigenvalue weighted by Gasteiger charge is -2.27. The second-order valence-corrected chi connectivity index (χ2v) is 6.31. The van der Waals surface area contributed by atoms with Gasteiger partial charge in [0.25, 0.3) is 5.91 Å². The van der Waals surface area contributed by atoms with Crippen LogP contribution in [0.25, 0.3) is 0 Å². The number of methoxy groups -OCH3 is 1. The first-order valence-electron chi connectivity index (χ1n) is 7.32. The van der Waals surface area contributed by atoms with Gasteiger partial charge in [-0.1, -0.05) is 0 Å². The molecule has 1 saturated carbocycles. The minimum absolute atomic E-state index is 0.0505. The first-order valence-corrected chi connectivity index (χ1v) is 8.11. The summed E-state index contributed by atoms with van der Waals surface area (Å²) in [5.74, 6) is 1.27. The second-order valence-electron chi connectivity index (χ2n) is 5.46. The first kappa shape index (κ1) is 16.1. The van der Waals surface area contributed by atoms with E-state index in [0.29, 0.717) is 29.7 Å². The number of carbonyl (C=O) groups is 1. The normalized spacial score (nSPS) is 14.2. The molecule has 0 atom stereocenters. The molecule has 1 aromatic carbocycles. The summed E-state index contributed by atoms with van der Waals surface area (Å²) in [7, 11) is 1.58. The number of nitrogens with zero attached hydrogens (tertiary/aromatic N) is 1. The van der Waals surface area contributed by atoms with Gasteiger partial charge in [0.2, 0.25) is 0 Å². The molecule has 5 heteroatoms. The van der Waals surface area contributed by atoms with Crippen molar-refractivity contribution in [3.63, 3.8) is 0 Å². The smallest absolute Gasteiger partial charge is 0.254 e. The van der Waals surface area contributed by atoms with E-state index in [1.807, 2.05) is 17.9 Å². The molecule has 116 valence electrons. The van der Waals surface area contributed by atoms with Crippen LogP contribution in [-0.4, -0.2) is 36.6 Å². The Bertz CT molecular complexity index is 524. The van der Waals surface area contributed by atoms with Gasteiger partial charge in [-0.2, -0.15) is 0 Å². The van der Waals surface area contributed by atoms with Gasteiger partial charge in [0.05, 0.1) is 18.2 Å². The lowest BCUT2D eigenvalue weighted by Crippen LogP contribution is -2.38. The van der Waals surface area contributed by atoms with Crippen LogP contribution in [-0.2, 0) is 0 Å². The maximum absolute atomic E-state index is 12.8. The van der Waals surface area contributed by atoms with Crippen LogP contribution in [0, 0.1) is 0 Å². The highest BCUT2D eigenvalue weighted by molar-refractivity contribution is 9.10. The maximum Gasteiger partial charge on any atom is 0.254 e. The maximum atomic E-state index is 12.8. The fourth-order valence-corrected chi connectivity index (χ4v) is 3.01. The van der Waals surface area contributed by atoms with E-state index in [9.17, 15) is 4.79 Å². The molecule has 0 N–H and O–H groups in total. The lowest BCUT2D eigenvalue weighted by molar-refractivity contribution is 0.0689. The monoisotopic (exact) mass is 355 g/mol. The molecule has 0 saturated heterocycles. The Morgan fingerprint density at radius 2 is 2.10 bits per heavy atom. The van der Waals surface area contributed by atoms with Crippen LogP contribution in [0.2, 0.25) is 0 Å². The molecule has 0 heterocycles. The zero-order valence-electron chi connectivity index (χ0n) is 13.0. The molecule has 1 aromatic rings. The third-order valence-electron chi connectivity index (χ3n) is 3.50. The lowest BCUT2D eigenvalue weighted by atomic mass is 10.1. The molecule has 1 amide bonds. The summed E-state index contributed by atoms with van der Waals surface area (Å²) in [6.45, 7) is 6.56. The molecule has 21 heavy (non-hydrogen) atoms. The third kappa shape index (κ3) is 3.51. The molecule has 0 aliphatic heterocycles. The van der Waals surface area contributed by atoms with Crippen LogP contribution >= 0.6 is 15.9 Å². The van der Waals surface area contributed by atoms with Gasteiger partial charge < -0.3 is 14.4 Å². The van der Waals surface area contributed by atoms with Gasteiger partial charge in [-0.15, -0.1) is 0 Å². The molecule has 0 unspecified atom stereocenters. The summed E-state index contributed by atoms with van der Waals surface area (Å²) in [6.07, 6.45) is 2.19. The fraction of sp³-hybridized carbons (Fsp3) is 0.562. The van der Waals surface area contributed by atoms with E-state index in [2.05, 4.69) is 29.8 Å². The highest BCUT2D eigenvalue weighted by Crippen LogP contribution is 2.38. The number of carbonyl (C=O) groups excluding carboxylic acids is 1. The quantitative estimate of drug-likeness (QED) is 0.777. The first-order chi connectivity index (χ1) is 9.99. The molecular formula is C16H22BrNO3. The van der Waals surface area contributed by atoms with E-state index in [0.717, 1.165) is 17.3 Å². The number of halogens is 1. The number of hydrogen-bond donors (Lipinski definition) is 0. The fourth-order valence-electron chi connectivity index (χ4n) is 2.45. The molecule has 0 spiro atoms. The van der Waals surface area contributed by atoms with Gasteiger partial charge >= 0.3 is 0 Å². The molecular weight excluding hydrogens is 334 g/mol. The molecule has 1 fully saturated rings. The SMILES string of the molecule is CCOc1c(Br)cc(C(=O)N(C(C)C)C2CC2)cc1OC. The van der Waals surface area contributed by atoms with Crippen LogP contribution in [0.4, 0.5) is 0 Å². The van der Waals surface area contributed by atoms with Crippen LogP contribution in [0.1, 0.15) is 44.0 Å². The van der Waals surface area contributed by atoms with Gasteiger partial charge in [0.15, 0.2) is 11.5 Å². The van der Waals surface area contributed by atoms with Crippen molar-refractivity contribution in [3.8, 4) is 11.5 Å². The summed E-state index contributed by atoms with van der Waals surface area (Å²) in [4.78, 5) is 14.7. The molecule has 0 aromatic heterocycles. The van der Waals surface area contributed by atoms with Crippen molar-refractivity contribution in [1.82, 2.24) is 4.90 Å². The van der Waals surface area contributed by atoms with E-state index >= 15 is 0 Å². The van der Waals surface area contributed by atoms with Crippen molar-refractivity contribution >= 4 is 21.8 Å². The van der Waals surface area contributed by atoms with E-state index < -0.39 is 0 Å². The van der Waals surface area contributed by atoms with Crippen molar-refractivity contribution in [2.75, 3.05) is 13.7 Å². The zero-order valence-corrected chi connectivity index (χ0v) is 14.6. The minimum Gasteiger partial charge on any atom is -0.493 e. The highest BCUT2D eigenvalue weighted by atomic mass is 79.9. The number of rotatable bonds is 6. The van der Waals surface area contributed by atoms with Gasteiger partial charge in [0.1, 0.15) is 0 Å². The molecule has 2 rings (SSSR count). The van der Waals surface area contributed by atoms with E-state index in [4.69, 9.17) is 9.47 Å². The van der Waals surface area contributed by atoms with Crippen LogP contribution in [0.5, 0.6) is 11.5 Å². The highest BCUT2D eigenvalue weighted by Gasteiger charge is 2.35. The molecule has 1 aliphatic carbocycles. The van der Waals surface area contributed by atoms with Crippen LogP contribution in [0.15, 0.2) is 16.6 Å². The van der Waals surface area contributed by atoms with Gasteiger partial charge in [0, 0.05) is 17.6 Å². The van der Waals surface area contributed by atoms with E-state index in [-0.39, 0.29) is 11.9 Å². The molecule has 4 nitrogen and oxygen atoms in total. The van der Waals surface area contributed by atoms with Crippen LogP contribution in [0.3, 0.4) is 0 Å². The van der Waals surface area contributed by atoms with Gasteiger partial charge in [-0.25, -0.2) is 0 Å². The van der Waals surface area contributed by atoms with Crippen molar-refractivity contribution in [3.05, 3.63) is 22.2 Å². The Balaban J connectivity index is 2.35. The topological polar surface area (TPSA) is 38.8 Å². The average molecular weight is 356 g/mol. The minimum atomic E-state index is 0.0505. The van der Waals surface area contributed by atoms with Crippen molar-refractivity contribution in [1.29, 1.82) is 0 Å². The third-order valence-corrected chi connectivity index (χ3v) is 4.09. The summed E-state index contributed by atoms with van der Waals surface area (Å²) in [5.41, 5.74) is 0.628. The Morgan fingerprint density at radius 1 is 1.43 bits per heavy atom. The Morgan fingerprint density at radius 3 is 2.57 bits per heavy atom. The van der Waals surface area contributed by atoms with Crippen molar-refractivity contribution in [2.24, 2.45) is 0 Å². The van der Waals surface area contributed by atoms with E-state index in [1.165, 1.54) is 0 Å². The predicted molar refractivity (Wildman–Crippen MR) is 86.2 cm³/mol. The Kier molecular flexibility index (Phi) is 5.14. The standard InChI is InChI=1S/C16H22BrNO3/c1-5-21-15-13(17)8-11(9-14(15)20-4)16(19)18(10(2)3)12-6-7-12/h8-10,12H,5-7H2,1-4H3. The number of amides is 1. The molecule has 0 bridgehead atoms. The molecule has 0 radical (unpaired) electrons. The number of benzene rings is 1. The van der Waals surface area contributed by atoms with Crippen molar-refractivity contribution < 1.29 is 14.3 Å². The van der Waals surface area contributed by atoms with Gasteiger partial charge in [-0.05, 0) is 61.7 Å². The number of ether oxygens (including phenoxy) is 2. The predicted octanol–water partition coefficient (Wildman–Crippen LogP) is 3.87. The average Bonchev–Trinajstić information content (AvgIpc) is 3.25. The van der Waals surface area contributed by atoms with Crippen molar-refractivity contribution in [2.45, 2.75) is 45.7 Å². The number of hydrogen-bond acceptors (Lipinski definition) is 3. The largest absolute Gasteiger partial charge is 0.493 e. The summed E-state index contributed by atoms with van der Waals surface area (Å²) < 4.78 is 11.7. The summed E-state index contributed by atoms with van der Waals surface area (Å²) in [5, 5.41) is 0. The molecule has 1 aliphatic rings. The second kappa shape index (κ2) is 6.69. The van der Waals surface area contributed by atoms with E-state index in [1.54, 1.807) is 13.2 Å². The Labute approximate surface area is 134 Å². The van der Waals surface area contributed by atoms with Crippen LogP contribution < -0.4 is 9.47 Å². The Hall–Kier alpha value is -1.23. The van der Waals surface area contributed by atoms with Gasteiger partial charge in [-0.3, -0.25) is 4.79 Å². The summed E-state index contributed by atoms with van der Waals surface area (Å²) >= 11 is 3.47. The summed E-state index contributed by atoms with van der Waals surface area (Å²) in [6, 6.07) is 4.15.